The first kappa shape index (κ1) is 15.9. The van der Waals surface area contributed by atoms with E-state index in [1.54, 1.807) is 10.9 Å². The van der Waals surface area contributed by atoms with Crippen molar-refractivity contribution in [2.45, 2.75) is 52.7 Å². The highest BCUT2D eigenvalue weighted by Crippen LogP contribution is 2.35. The standard InChI is InChI=1S/C15H26N4O2/c1-10(2)12-5-4-11(3)8-14(12)21-15(20)13-9-19(7-6-16)18-17-13/h9-12,14H,4-8,16H2,1-3H3. The van der Waals surface area contributed by atoms with Crippen molar-refractivity contribution in [3.63, 3.8) is 0 Å². The monoisotopic (exact) mass is 294 g/mol. The van der Waals surface area contributed by atoms with Gasteiger partial charge >= 0.3 is 5.97 Å². The molecule has 0 aliphatic heterocycles. The summed E-state index contributed by atoms with van der Waals surface area (Å²) in [6.45, 7) is 7.62. The molecule has 3 unspecified atom stereocenters. The Bertz CT molecular complexity index is 472. The number of hydrogen-bond donors (Lipinski definition) is 1. The van der Waals surface area contributed by atoms with E-state index < -0.39 is 0 Å². The maximum Gasteiger partial charge on any atom is 0.360 e. The summed E-state index contributed by atoms with van der Waals surface area (Å²) in [4.78, 5) is 12.2. The van der Waals surface area contributed by atoms with E-state index in [0.29, 0.717) is 30.8 Å². The van der Waals surface area contributed by atoms with Crippen LogP contribution in [0.4, 0.5) is 0 Å². The fourth-order valence-corrected chi connectivity index (χ4v) is 3.08. The molecule has 0 aromatic carbocycles. The van der Waals surface area contributed by atoms with Crippen LogP contribution in [0.1, 0.15) is 50.5 Å². The van der Waals surface area contributed by atoms with Gasteiger partial charge in [0.15, 0.2) is 5.69 Å². The van der Waals surface area contributed by atoms with E-state index in [2.05, 4.69) is 31.1 Å². The second kappa shape index (κ2) is 7.02. The van der Waals surface area contributed by atoms with E-state index in [-0.39, 0.29) is 17.8 Å². The minimum Gasteiger partial charge on any atom is -0.457 e. The van der Waals surface area contributed by atoms with Crippen LogP contribution in [-0.4, -0.2) is 33.6 Å². The van der Waals surface area contributed by atoms with Crippen LogP contribution in [0.2, 0.25) is 0 Å². The van der Waals surface area contributed by atoms with Crippen LogP contribution in [0, 0.1) is 17.8 Å². The fourth-order valence-electron chi connectivity index (χ4n) is 3.08. The molecule has 1 aliphatic carbocycles. The average molecular weight is 294 g/mol. The molecule has 1 aromatic heterocycles. The minimum atomic E-state index is -0.372. The summed E-state index contributed by atoms with van der Waals surface area (Å²) in [5.41, 5.74) is 5.73. The van der Waals surface area contributed by atoms with Crippen LogP contribution in [0.3, 0.4) is 0 Å². The van der Waals surface area contributed by atoms with Gasteiger partial charge in [-0.25, -0.2) is 4.79 Å². The lowest BCUT2D eigenvalue weighted by molar-refractivity contribution is -0.0179. The molecule has 1 fully saturated rings. The van der Waals surface area contributed by atoms with E-state index in [1.165, 1.54) is 6.42 Å². The van der Waals surface area contributed by atoms with Crippen LogP contribution < -0.4 is 5.73 Å². The summed E-state index contributed by atoms with van der Waals surface area (Å²) in [6, 6.07) is 0. The second-order valence-electron chi connectivity index (χ2n) is 6.43. The lowest BCUT2D eigenvalue weighted by Gasteiger charge is -2.36. The molecule has 2 N–H and O–H groups in total. The number of carbonyl (C=O) groups is 1. The lowest BCUT2D eigenvalue weighted by Crippen LogP contribution is -2.36. The van der Waals surface area contributed by atoms with E-state index in [4.69, 9.17) is 10.5 Å². The Labute approximate surface area is 126 Å². The quantitative estimate of drug-likeness (QED) is 0.838. The average Bonchev–Trinajstić information content (AvgIpc) is 2.87. The van der Waals surface area contributed by atoms with Gasteiger partial charge in [-0.2, -0.15) is 0 Å². The molecule has 0 amide bonds. The summed E-state index contributed by atoms with van der Waals surface area (Å²) in [5.74, 6) is 1.18. The summed E-state index contributed by atoms with van der Waals surface area (Å²) >= 11 is 0. The van der Waals surface area contributed by atoms with Gasteiger partial charge < -0.3 is 10.5 Å². The lowest BCUT2D eigenvalue weighted by atomic mass is 9.75. The number of nitrogens with zero attached hydrogens (tertiary/aromatic N) is 3. The summed E-state index contributed by atoms with van der Waals surface area (Å²) in [5, 5.41) is 7.75. The predicted octanol–water partition coefficient (Wildman–Crippen LogP) is 1.85. The van der Waals surface area contributed by atoms with Gasteiger partial charge in [0.05, 0.1) is 12.7 Å². The molecular formula is C15H26N4O2. The molecular weight excluding hydrogens is 268 g/mol. The number of rotatable bonds is 5. The Balaban J connectivity index is 2.01. The number of carbonyl (C=O) groups excluding carboxylic acids is 1. The predicted molar refractivity (Wildman–Crippen MR) is 79.6 cm³/mol. The van der Waals surface area contributed by atoms with Gasteiger partial charge in [0.2, 0.25) is 0 Å². The molecule has 1 saturated carbocycles. The normalized spacial score (nSPS) is 26.0. The molecule has 1 heterocycles. The van der Waals surface area contributed by atoms with Crippen molar-refractivity contribution in [3.8, 4) is 0 Å². The highest BCUT2D eigenvalue weighted by molar-refractivity contribution is 5.86. The third-order valence-electron chi connectivity index (χ3n) is 4.33. The number of aromatic nitrogens is 3. The number of hydrogen-bond acceptors (Lipinski definition) is 5. The first-order valence-electron chi connectivity index (χ1n) is 7.82. The zero-order chi connectivity index (χ0) is 15.4. The third-order valence-corrected chi connectivity index (χ3v) is 4.33. The minimum absolute atomic E-state index is 0.0130. The van der Waals surface area contributed by atoms with Crippen molar-refractivity contribution in [3.05, 3.63) is 11.9 Å². The third kappa shape index (κ3) is 4.03. The van der Waals surface area contributed by atoms with E-state index >= 15 is 0 Å². The zero-order valence-electron chi connectivity index (χ0n) is 13.2. The van der Waals surface area contributed by atoms with Crippen molar-refractivity contribution >= 4 is 5.97 Å². The van der Waals surface area contributed by atoms with Crippen molar-refractivity contribution in [2.24, 2.45) is 23.5 Å². The molecule has 0 radical (unpaired) electrons. The second-order valence-corrected chi connectivity index (χ2v) is 6.43. The van der Waals surface area contributed by atoms with Gasteiger partial charge in [0.1, 0.15) is 6.10 Å². The number of esters is 1. The van der Waals surface area contributed by atoms with Crippen LogP contribution in [0.5, 0.6) is 0 Å². The molecule has 3 atom stereocenters. The molecule has 6 heteroatoms. The van der Waals surface area contributed by atoms with Gasteiger partial charge in [-0.1, -0.05) is 32.4 Å². The summed E-state index contributed by atoms with van der Waals surface area (Å²) in [7, 11) is 0. The van der Waals surface area contributed by atoms with Crippen molar-refractivity contribution in [2.75, 3.05) is 6.54 Å². The summed E-state index contributed by atoms with van der Waals surface area (Å²) < 4.78 is 7.30. The topological polar surface area (TPSA) is 83.0 Å². The van der Waals surface area contributed by atoms with Crippen molar-refractivity contribution < 1.29 is 9.53 Å². The molecule has 0 saturated heterocycles. The van der Waals surface area contributed by atoms with E-state index in [9.17, 15) is 4.79 Å². The van der Waals surface area contributed by atoms with Crippen LogP contribution in [-0.2, 0) is 11.3 Å². The molecule has 21 heavy (non-hydrogen) atoms. The van der Waals surface area contributed by atoms with Crippen LogP contribution >= 0.6 is 0 Å². The molecule has 6 nitrogen and oxygen atoms in total. The highest BCUT2D eigenvalue weighted by atomic mass is 16.5. The van der Waals surface area contributed by atoms with Crippen LogP contribution in [0.25, 0.3) is 0 Å². The number of ether oxygens (including phenoxy) is 1. The molecule has 1 aromatic rings. The maximum absolute atomic E-state index is 12.2. The van der Waals surface area contributed by atoms with Gasteiger partial charge in [0.25, 0.3) is 0 Å². The SMILES string of the molecule is CC1CCC(C(C)C)C(OC(=O)c2cn(CCN)nn2)C1. The van der Waals surface area contributed by atoms with Gasteiger partial charge in [-0.3, -0.25) is 4.68 Å². The zero-order valence-corrected chi connectivity index (χ0v) is 13.2. The molecule has 0 bridgehead atoms. The molecule has 1 aliphatic rings. The van der Waals surface area contributed by atoms with Gasteiger partial charge in [0, 0.05) is 6.54 Å². The largest absolute Gasteiger partial charge is 0.457 e. The van der Waals surface area contributed by atoms with Crippen molar-refractivity contribution in [1.82, 2.24) is 15.0 Å². The molecule has 118 valence electrons. The first-order valence-corrected chi connectivity index (χ1v) is 7.82. The Hall–Kier alpha value is -1.43. The smallest absolute Gasteiger partial charge is 0.360 e. The van der Waals surface area contributed by atoms with Crippen LogP contribution in [0.15, 0.2) is 6.20 Å². The van der Waals surface area contributed by atoms with E-state index in [1.807, 2.05) is 0 Å². The fraction of sp³-hybridized carbons (Fsp3) is 0.800. The van der Waals surface area contributed by atoms with Gasteiger partial charge in [-0.05, 0) is 30.6 Å². The van der Waals surface area contributed by atoms with Crippen molar-refractivity contribution in [1.29, 1.82) is 0 Å². The van der Waals surface area contributed by atoms with E-state index in [0.717, 1.165) is 12.8 Å². The molecule has 2 rings (SSSR count). The van der Waals surface area contributed by atoms with Gasteiger partial charge in [-0.15, -0.1) is 5.10 Å². The molecule has 0 spiro atoms. The highest BCUT2D eigenvalue weighted by Gasteiger charge is 2.34. The maximum atomic E-state index is 12.2. The Morgan fingerprint density at radius 3 is 2.95 bits per heavy atom. The summed E-state index contributed by atoms with van der Waals surface area (Å²) in [6.07, 6.45) is 4.86. The Morgan fingerprint density at radius 2 is 2.29 bits per heavy atom. The first-order chi connectivity index (χ1) is 10.0. The Morgan fingerprint density at radius 1 is 1.52 bits per heavy atom. The Kier molecular flexibility index (Phi) is 5.33. The number of nitrogens with two attached hydrogens (primary N) is 1.